The molecule has 0 aromatic heterocycles. The number of halogens is 2. The Morgan fingerprint density at radius 3 is 2.94 bits per heavy atom. The van der Waals surface area contributed by atoms with Gasteiger partial charge in [0.15, 0.2) is 0 Å². The Hall–Kier alpha value is -0.650. The SMILES string of the molecule is OCC(F)(F)CNCC1CSc2ccccc21. The molecule has 1 aromatic carbocycles. The summed E-state index contributed by atoms with van der Waals surface area (Å²) in [6, 6.07) is 8.07. The standard InChI is InChI=1S/C12H15F2NOS/c13-12(14,8-16)7-15-5-9-6-17-11-4-2-1-3-10(9)11/h1-4,9,15-16H,5-8H2. The monoisotopic (exact) mass is 259 g/mol. The second kappa shape index (κ2) is 5.33. The zero-order valence-electron chi connectivity index (χ0n) is 9.33. The maximum atomic E-state index is 12.8. The highest BCUT2D eigenvalue weighted by Gasteiger charge is 2.28. The molecule has 0 radical (unpaired) electrons. The third-order valence-corrected chi connectivity index (χ3v) is 4.06. The lowest BCUT2D eigenvalue weighted by Gasteiger charge is -2.16. The fourth-order valence-electron chi connectivity index (χ4n) is 1.88. The molecule has 1 heterocycles. The molecule has 94 valence electrons. The van der Waals surface area contributed by atoms with Crippen LogP contribution in [0.1, 0.15) is 11.5 Å². The van der Waals surface area contributed by atoms with Gasteiger partial charge in [0.2, 0.25) is 0 Å². The van der Waals surface area contributed by atoms with Crippen LogP contribution >= 0.6 is 11.8 Å². The first-order valence-corrected chi connectivity index (χ1v) is 6.52. The molecule has 2 N–H and O–H groups in total. The summed E-state index contributed by atoms with van der Waals surface area (Å²) in [5.41, 5.74) is 1.23. The van der Waals surface area contributed by atoms with Gasteiger partial charge < -0.3 is 10.4 Å². The number of aliphatic hydroxyl groups excluding tert-OH is 1. The van der Waals surface area contributed by atoms with Crippen molar-refractivity contribution in [3.63, 3.8) is 0 Å². The van der Waals surface area contributed by atoms with E-state index in [0.29, 0.717) is 6.54 Å². The number of benzene rings is 1. The van der Waals surface area contributed by atoms with Crippen LogP contribution in [0, 0.1) is 0 Å². The first-order valence-electron chi connectivity index (χ1n) is 5.53. The molecule has 2 nitrogen and oxygen atoms in total. The average Bonchev–Trinajstić information content (AvgIpc) is 2.73. The summed E-state index contributed by atoms with van der Waals surface area (Å²) in [5.74, 6) is -1.81. The minimum atomic E-state index is -3.02. The van der Waals surface area contributed by atoms with Crippen LogP contribution in [0.15, 0.2) is 29.2 Å². The average molecular weight is 259 g/mol. The van der Waals surface area contributed by atoms with Crippen LogP contribution in [0.4, 0.5) is 8.78 Å². The number of thioether (sulfide) groups is 1. The van der Waals surface area contributed by atoms with Crippen molar-refractivity contribution in [1.29, 1.82) is 0 Å². The van der Waals surface area contributed by atoms with E-state index < -0.39 is 19.1 Å². The fraction of sp³-hybridized carbons (Fsp3) is 0.500. The normalized spacial score (nSPS) is 19.4. The molecule has 1 atom stereocenters. The molecule has 2 rings (SSSR count). The van der Waals surface area contributed by atoms with Crippen molar-refractivity contribution in [2.45, 2.75) is 16.7 Å². The van der Waals surface area contributed by atoms with E-state index in [1.165, 1.54) is 10.5 Å². The van der Waals surface area contributed by atoms with Gasteiger partial charge in [0, 0.05) is 23.1 Å². The summed E-state index contributed by atoms with van der Waals surface area (Å²) in [7, 11) is 0. The van der Waals surface area contributed by atoms with Crippen molar-refractivity contribution in [2.24, 2.45) is 0 Å². The fourth-order valence-corrected chi connectivity index (χ4v) is 3.14. The Balaban J connectivity index is 1.86. The lowest BCUT2D eigenvalue weighted by Crippen LogP contribution is -2.37. The molecule has 17 heavy (non-hydrogen) atoms. The quantitative estimate of drug-likeness (QED) is 0.849. The first kappa shape index (κ1) is 12.8. The molecule has 0 amide bonds. The van der Waals surface area contributed by atoms with Crippen LogP contribution in [-0.2, 0) is 0 Å². The maximum Gasteiger partial charge on any atom is 0.282 e. The van der Waals surface area contributed by atoms with Crippen LogP contribution in [0.3, 0.4) is 0 Å². The lowest BCUT2D eigenvalue weighted by atomic mass is 10.0. The van der Waals surface area contributed by atoms with E-state index in [9.17, 15) is 8.78 Å². The molecule has 0 saturated carbocycles. The van der Waals surface area contributed by atoms with Crippen LogP contribution in [-0.4, -0.2) is 36.5 Å². The number of aliphatic hydroxyl groups is 1. The van der Waals surface area contributed by atoms with Crippen molar-refractivity contribution in [2.75, 3.05) is 25.4 Å². The summed E-state index contributed by atoms with van der Waals surface area (Å²) in [5, 5.41) is 11.2. The van der Waals surface area contributed by atoms with Gasteiger partial charge in [0.05, 0.1) is 6.54 Å². The van der Waals surface area contributed by atoms with Gasteiger partial charge in [0.25, 0.3) is 5.92 Å². The topological polar surface area (TPSA) is 32.3 Å². The van der Waals surface area contributed by atoms with Gasteiger partial charge in [-0.1, -0.05) is 18.2 Å². The molecule has 1 aliphatic heterocycles. The van der Waals surface area contributed by atoms with Crippen LogP contribution < -0.4 is 5.32 Å². The van der Waals surface area contributed by atoms with E-state index in [1.54, 1.807) is 11.8 Å². The van der Waals surface area contributed by atoms with Crippen molar-refractivity contribution >= 4 is 11.8 Å². The minimum absolute atomic E-state index is 0.283. The highest BCUT2D eigenvalue weighted by atomic mass is 32.2. The smallest absolute Gasteiger partial charge is 0.282 e. The van der Waals surface area contributed by atoms with Gasteiger partial charge in [-0.25, -0.2) is 8.78 Å². The van der Waals surface area contributed by atoms with E-state index in [2.05, 4.69) is 11.4 Å². The second-order valence-electron chi connectivity index (χ2n) is 4.19. The third-order valence-electron chi connectivity index (χ3n) is 2.80. The number of hydrogen-bond acceptors (Lipinski definition) is 3. The van der Waals surface area contributed by atoms with Gasteiger partial charge in [0.1, 0.15) is 6.61 Å². The van der Waals surface area contributed by atoms with Gasteiger partial charge >= 0.3 is 0 Å². The molecule has 0 saturated heterocycles. The van der Waals surface area contributed by atoms with Crippen molar-refractivity contribution in [3.05, 3.63) is 29.8 Å². The van der Waals surface area contributed by atoms with Crippen LogP contribution in [0.2, 0.25) is 0 Å². The predicted octanol–water partition coefficient (Wildman–Crippen LogP) is 2.09. The zero-order chi connectivity index (χ0) is 12.3. The van der Waals surface area contributed by atoms with Gasteiger partial charge in [-0.2, -0.15) is 0 Å². The number of nitrogens with one attached hydrogen (secondary N) is 1. The number of fused-ring (bicyclic) bond motifs is 1. The zero-order valence-corrected chi connectivity index (χ0v) is 10.1. The Bertz CT molecular complexity index is 387. The maximum absolute atomic E-state index is 12.8. The lowest BCUT2D eigenvalue weighted by molar-refractivity contribution is -0.0475. The van der Waals surface area contributed by atoms with E-state index in [1.807, 2.05) is 18.2 Å². The van der Waals surface area contributed by atoms with E-state index >= 15 is 0 Å². The second-order valence-corrected chi connectivity index (χ2v) is 5.25. The van der Waals surface area contributed by atoms with Gasteiger partial charge in [-0.3, -0.25) is 0 Å². The van der Waals surface area contributed by atoms with E-state index in [-0.39, 0.29) is 5.92 Å². The summed E-state index contributed by atoms with van der Waals surface area (Å²) in [6.07, 6.45) is 0. The summed E-state index contributed by atoms with van der Waals surface area (Å²) >= 11 is 1.76. The molecule has 0 aliphatic carbocycles. The molecular formula is C12H15F2NOS. The number of alkyl halides is 2. The van der Waals surface area contributed by atoms with Gasteiger partial charge in [-0.05, 0) is 11.6 Å². The molecule has 1 aromatic rings. The Morgan fingerprint density at radius 2 is 2.18 bits per heavy atom. The Kier molecular flexibility index (Phi) is 4.01. The summed E-state index contributed by atoms with van der Waals surface area (Å²) < 4.78 is 25.6. The van der Waals surface area contributed by atoms with Gasteiger partial charge in [-0.15, -0.1) is 11.8 Å². The molecular weight excluding hydrogens is 244 g/mol. The molecule has 0 spiro atoms. The molecule has 1 aliphatic rings. The summed E-state index contributed by atoms with van der Waals surface area (Å²) in [6.45, 7) is -1.04. The Morgan fingerprint density at radius 1 is 1.41 bits per heavy atom. The highest BCUT2D eigenvalue weighted by Crippen LogP contribution is 2.38. The predicted molar refractivity (Wildman–Crippen MR) is 64.8 cm³/mol. The highest BCUT2D eigenvalue weighted by molar-refractivity contribution is 7.99. The van der Waals surface area contributed by atoms with Crippen molar-refractivity contribution in [3.8, 4) is 0 Å². The Labute approximate surface area is 103 Å². The summed E-state index contributed by atoms with van der Waals surface area (Å²) in [4.78, 5) is 1.24. The minimum Gasteiger partial charge on any atom is -0.390 e. The van der Waals surface area contributed by atoms with Crippen LogP contribution in [0.25, 0.3) is 0 Å². The van der Waals surface area contributed by atoms with E-state index in [4.69, 9.17) is 5.11 Å². The third kappa shape index (κ3) is 3.18. The molecule has 5 heteroatoms. The van der Waals surface area contributed by atoms with Crippen LogP contribution in [0.5, 0.6) is 0 Å². The van der Waals surface area contributed by atoms with E-state index in [0.717, 1.165) is 5.75 Å². The van der Waals surface area contributed by atoms with Crippen molar-refractivity contribution < 1.29 is 13.9 Å². The largest absolute Gasteiger partial charge is 0.390 e. The molecule has 0 bridgehead atoms. The molecule has 0 fully saturated rings. The van der Waals surface area contributed by atoms with Crippen molar-refractivity contribution in [1.82, 2.24) is 5.32 Å². The first-order chi connectivity index (χ1) is 8.12. The molecule has 1 unspecified atom stereocenters. The number of rotatable bonds is 5. The number of hydrogen-bond donors (Lipinski definition) is 2.